The lowest BCUT2D eigenvalue weighted by atomic mass is 9.99. The fourth-order valence-corrected chi connectivity index (χ4v) is 3.91. The van der Waals surface area contributed by atoms with Gasteiger partial charge in [-0.25, -0.2) is 4.98 Å². The van der Waals surface area contributed by atoms with Gasteiger partial charge in [-0.1, -0.05) is 6.07 Å². The summed E-state index contributed by atoms with van der Waals surface area (Å²) in [6.07, 6.45) is 8.41. The molecule has 0 saturated carbocycles. The Morgan fingerprint density at radius 1 is 1.37 bits per heavy atom. The molecule has 1 atom stereocenters. The van der Waals surface area contributed by atoms with Crippen LogP contribution in [0, 0.1) is 0 Å². The SMILES string of the molecule is CC(=O)N1CCCCC1c1cc(NCc2cccnc2)n2ncc(Br)c2n1. The normalized spacial score (nSPS) is 17.3. The highest BCUT2D eigenvalue weighted by atomic mass is 79.9. The molecule has 27 heavy (non-hydrogen) atoms. The summed E-state index contributed by atoms with van der Waals surface area (Å²) >= 11 is 3.54. The van der Waals surface area contributed by atoms with Crippen molar-refractivity contribution in [2.24, 2.45) is 0 Å². The second-order valence-electron chi connectivity index (χ2n) is 6.73. The van der Waals surface area contributed by atoms with Crippen LogP contribution in [-0.4, -0.2) is 36.9 Å². The fourth-order valence-electron chi connectivity index (χ4n) is 3.56. The van der Waals surface area contributed by atoms with E-state index in [9.17, 15) is 4.79 Å². The second-order valence-corrected chi connectivity index (χ2v) is 7.59. The Bertz CT molecular complexity index is 957. The summed E-state index contributed by atoms with van der Waals surface area (Å²) in [5.74, 6) is 0.942. The molecule has 3 aromatic rings. The smallest absolute Gasteiger partial charge is 0.220 e. The predicted molar refractivity (Wildman–Crippen MR) is 106 cm³/mol. The van der Waals surface area contributed by atoms with E-state index in [1.807, 2.05) is 29.3 Å². The van der Waals surface area contributed by atoms with Gasteiger partial charge in [0.2, 0.25) is 5.91 Å². The number of amides is 1. The van der Waals surface area contributed by atoms with Gasteiger partial charge in [0.15, 0.2) is 5.65 Å². The van der Waals surface area contributed by atoms with Gasteiger partial charge < -0.3 is 10.2 Å². The fraction of sp³-hybridized carbons (Fsp3) is 0.368. The van der Waals surface area contributed by atoms with E-state index in [4.69, 9.17) is 4.98 Å². The van der Waals surface area contributed by atoms with Crippen LogP contribution in [0.4, 0.5) is 5.82 Å². The maximum Gasteiger partial charge on any atom is 0.220 e. The van der Waals surface area contributed by atoms with Crippen molar-refractivity contribution < 1.29 is 4.79 Å². The number of hydrogen-bond donors (Lipinski definition) is 1. The number of fused-ring (bicyclic) bond motifs is 1. The van der Waals surface area contributed by atoms with E-state index in [0.29, 0.717) is 6.54 Å². The molecule has 4 rings (SSSR count). The lowest BCUT2D eigenvalue weighted by molar-refractivity contribution is -0.132. The average molecular weight is 429 g/mol. The molecule has 8 heteroatoms. The lowest BCUT2D eigenvalue weighted by Gasteiger charge is -2.34. The highest BCUT2D eigenvalue weighted by Gasteiger charge is 2.28. The van der Waals surface area contributed by atoms with Gasteiger partial charge >= 0.3 is 0 Å². The molecular weight excluding hydrogens is 408 g/mol. The van der Waals surface area contributed by atoms with E-state index >= 15 is 0 Å². The Kier molecular flexibility index (Phi) is 5.07. The molecular formula is C19H21BrN6O. The molecule has 0 bridgehead atoms. The topological polar surface area (TPSA) is 75.4 Å². The summed E-state index contributed by atoms with van der Waals surface area (Å²) in [5, 5.41) is 7.86. The maximum absolute atomic E-state index is 12.1. The van der Waals surface area contributed by atoms with E-state index in [-0.39, 0.29) is 11.9 Å². The molecule has 7 nitrogen and oxygen atoms in total. The molecule has 1 aliphatic heterocycles. The van der Waals surface area contributed by atoms with E-state index in [1.54, 1.807) is 23.8 Å². The largest absolute Gasteiger partial charge is 0.366 e. The summed E-state index contributed by atoms with van der Waals surface area (Å²) in [5.41, 5.74) is 2.72. The third-order valence-corrected chi connectivity index (χ3v) is 5.45. The number of carbonyl (C=O) groups is 1. The number of anilines is 1. The molecule has 1 unspecified atom stereocenters. The van der Waals surface area contributed by atoms with Crippen molar-refractivity contribution in [1.82, 2.24) is 24.5 Å². The summed E-state index contributed by atoms with van der Waals surface area (Å²) < 4.78 is 2.61. The lowest BCUT2D eigenvalue weighted by Crippen LogP contribution is -2.37. The first-order chi connectivity index (χ1) is 13.1. The molecule has 4 heterocycles. The summed E-state index contributed by atoms with van der Waals surface area (Å²) in [4.78, 5) is 23.0. The number of rotatable bonds is 4. The minimum atomic E-state index is 0.00184. The Morgan fingerprint density at radius 2 is 2.26 bits per heavy atom. The van der Waals surface area contributed by atoms with Crippen molar-refractivity contribution in [3.05, 3.63) is 52.5 Å². The number of pyridine rings is 1. The van der Waals surface area contributed by atoms with Crippen molar-refractivity contribution >= 4 is 33.3 Å². The molecule has 1 saturated heterocycles. The maximum atomic E-state index is 12.1. The number of aromatic nitrogens is 4. The molecule has 1 aliphatic rings. The van der Waals surface area contributed by atoms with Crippen molar-refractivity contribution in [2.75, 3.05) is 11.9 Å². The van der Waals surface area contributed by atoms with Gasteiger partial charge in [-0.3, -0.25) is 9.78 Å². The Balaban J connectivity index is 1.71. The first-order valence-corrected chi connectivity index (χ1v) is 9.87. The number of nitrogens with one attached hydrogen (secondary N) is 1. The highest BCUT2D eigenvalue weighted by molar-refractivity contribution is 9.10. The van der Waals surface area contributed by atoms with E-state index in [0.717, 1.165) is 53.0 Å². The standard InChI is InChI=1S/C19H21BrN6O/c1-13(27)25-8-3-2-6-17(25)16-9-18(22-11-14-5-4-7-21-10-14)26-19(24-16)15(20)12-23-26/h4-5,7,9-10,12,17,22H,2-3,6,8,11H2,1H3. The zero-order valence-electron chi connectivity index (χ0n) is 15.1. The van der Waals surface area contributed by atoms with Gasteiger partial charge in [0.05, 0.1) is 22.4 Å². The molecule has 0 radical (unpaired) electrons. The third-order valence-electron chi connectivity index (χ3n) is 4.89. The molecule has 0 spiro atoms. The van der Waals surface area contributed by atoms with E-state index in [2.05, 4.69) is 31.3 Å². The van der Waals surface area contributed by atoms with Crippen LogP contribution in [0.25, 0.3) is 5.65 Å². The Labute approximate surface area is 165 Å². The molecule has 1 amide bonds. The quantitative estimate of drug-likeness (QED) is 0.687. The van der Waals surface area contributed by atoms with E-state index < -0.39 is 0 Å². The summed E-state index contributed by atoms with van der Waals surface area (Å²) in [6.45, 7) is 3.05. The van der Waals surface area contributed by atoms with Gasteiger partial charge in [0, 0.05) is 38.5 Å². The minimum absolute atomic E-state index is 0.00184. The highest BCUT2D eigenvalue weighted by Crippen LogP contribution is 2.32. The monoisotopic (exact) mass is 428 g/mol. The van der Waals surface area contributed by atoms with Gasteiger partial charge in [0.25, 0.3) is 0 Å². The van der Waals surface area contributed by atoms with Crippen molar-refractivity contribution in [2.45, 2.75) is 38.8 Å². The van der Waals surface area contributed by atoms with Crippen LogP contribution in [0.1, 0.15) is 43.5 Å². The Hall–Kier alpha value is -2.48. The zero-order chi connectivity index (χ0) is 18.8. The van der Waals surface area contributed by atoms with Crippen LogP contribution < -0.4 is 5.32 Å². The molecule has 1 fully saturated rings. The molecule has 3 aromatic heterocycles. The molecule has 1 N–H and O–H groups in total. The first kappa shape index (κ1) is 17.9. The van der Waals surface area contributed by atoms with Crippen molar-refractivity contribution in [3.63, 3.8) is 0 Å². The van der Waals surface area contributed by atoms with Gasteiger partial charge in [-0.05, 0) is 46.8 Å². The minimum Gasteiger partial charge on any atom is -0.366 e. The van der Waals surface area contributed by atoms with Gasteiger partial charge in [-0.15, -0.1) is 0 Å². The number of likely N-dealkylation sites (tertiary alicyclic amines) is 1. The first-order valence-electron chi connectivity index (χ1n) is 9.07. The molecule has 140 valence electrons. The van der Waals surface area contributed by atoms with E-state index in [1.165, 1.54) is 0 Å². The van der Waals surface area contributed by atoms with Crippen LogP contribution >= 0.6 is 15.9 Å². The number of hydrogen-bond acceptors (Lipinski definition) is 5. The van der Waals surface area contributed by atoms with Crippen molar-refractivity contribution in [1.29, 1.82) is 0 Å². The molecule has 0 aromatic carbocycles. The van der Waals surface area contributed by atoms with Crippen LogP contribution in [0.5, 0.6) is 0 Å². The third kappa shape index (κ3) is 3.66. The van der Waals surface area contributed by atoms with Crippen LogP contribution in [0.3, 0.4) is 0 Å². The van der Waals surface area contributed by atoms with Crippen LogP contribution in [0.15, 0.2) is 41.3 Å². The predicted octanol–water partition coefficient (Wildman–Crippen LogP) is 3.57. The van der Waals surface area contributed by atoms with Crippen LogP contribution in [-0.2, 0) is 11.3 Å². The number of carbonyl (C=O) groups excluding carboxylic acids is 1. The van der Waals surface area contributed by atoms with Crippen molar-refractivity contribution in [3.8, 4) is 0 Å². The Morgan fingerprint density at radius 3 is 3.04 bits per heavy atom. The molecule has 0 aliphatic carbocycles. The number of piperidine rings is 1. The average Bonchev–Trinajstić information content (AvgIpc) is 3.08. The van der Waals surface area contributed by atoms with Crippen LogP contribution in [0.2, 0.25) is 0 Å². The summed E-state index contributed by atoms with van der Waals surface area (Å²) in [7, 11) is 0. The number of halogens is 1. The summed E-state index contributed by atoms with van der Waals surface area (Å²) in [6, 6.07) is 5.95. The van der Waals surface area contributed by atoms with Gasteiger partial charge in [0.1, 0.15) is 5.82 Å². The van der Waals surface area contributed by atoms with Gasteiger partial charge in [-0.2, -0.15) is 9.61 Å². The zero-order valence-corrected chi connectivity index (χ0v) is 16.7. The second kappa shape index (κ2) is 7.64. The number of nitrogens with zero attached hydrogens (tertiary/aromatic N) is 5.